The maximum atomic E-state index is 5.60. The minimum absolute atomic E-state index is 0.121. The highest BCUT2D eigenvalue weighted by atomic mass is 16.5. The first-order valence-corrected chi connectivity index (χ1v) is 5.97. The third-order valence-electron chi connectivity index (χ3n) is 2.79. The molecule has 5 heteroatoms. The summed E-state index contributed by atoms with van der Waals surface area (Å²) in [5, 5.41) is 11.3. The highest BCUT2D eigenvalue weighted by Crippen LogP contribution is 2.18. The van der Waals surface area contributed by atoms with Crippen molar-refractivity contribution in [2.45, 2.75) is 45.3 Å². The molecule has 0 aromatic carbocycles. The summed E-state index contributed by atoms with van der Waals surface area (Å²) in [7, 11) is 0. The lowest BCUT2D eigenvalue weighted by Gasteiger charge is -2.06. The zero-order valence-corrected chi connectivity index (χ0v) is 9.90. The van der Waals surface area contributed by atoms with Crippen LogP contribution in [0.2, 0.25) is 0 Å². The molecular formula is C11H19N3O2. The van der Waals surface area contributed by atoms with E-state index in [9.17, 15) is 0 Å². The molecule has 1 saturated heterocycles. The molecule has 0 bridgehead atoms. The standard InChI is InChI=1S/C11H19N3O2/c1-3-12-8(2)11-14-13-10(16-11)7-9-5-4-6-15-9/h8-9,12H,3-7H2,1-2H3. The molecule has 0 spiro atoms. The van der Waals surface area contributed by atoms with Crippen LogP contribution in [0.3, 0.4) is 0 Å². The van der Waals surface area contributed by atoms with Gasteiger partial charge < -0.3 is 14.5 Å². The number of ether oxygens (including phenoxy) is 1. The number of nitrogens with zero attached hydrogens (tertiary/aromatic N) is 2. The smallest absolute Gasteiger partial charge is 0.233 e. The molecule has 5 nitrogen and oxygen atoms in total. The van der Waals surface area contributed by atoms with Gasteiger partial charge in [0, 0.05) is 6.61 Å². The Morgan fingerprint density at radius 2 is 2.38 bits per heavy atom. The van der Waals surface area contributed by atoms with Crippen LogP contribution in [-0.2, 0) is 11.2 Å². The Labute approximate surface area is 95.6 Å². The van der Waals surface area contributed by atoms with Gasteiger partial charge in [-0.05, 0) is 26.3 Å². The van der Waals surface area contributed by atoms with E-state index in [-0.39, 0.29) is 12.1 Å². The Morgan fingerprint density at radius 1 is 1.50 bits per heavy atom. The summed E-state index contributed by atoms with van der Waals surface area (Å²) >= 11 is 0. The van der Waals surface area contributed by atoms with Crippen molar-refractivity contribution in [3.63, 3.8) is 0 Å². The Hall–Kier alpha value is -0.940. The third kappa shape index (κ3) is 2.80. The van der Waals surface area contributed by atoms with Crippen molar-refractivity contribution in [3.8, 4) is 0 Å². The van der Waals surface area contributed by atoms with Gasteiger partial charge in [0.15, 0.2) is 0 Å². The van der Waals surface area contributed by atoms with Gasteiger partial charge in [-0.3, -0.25) is 0 Å². The molecule has 1 aliphatic rings. The van der Waals surface area contributed by atoms with Gasteiger partial charge in [0.25, 0.3) is 0 Å². The molecule has 90 valence electrons. The summed E-state index contributed by atoms with van der Waals surface area (Å²) in [6.07, 6.45) is 3.24. The van der Waals surface area contributed by atoms with E-state index in [1.165, 1.54) is 0 Å². The van der Waals surface area contributed by atoms with Gasteiger partial charge in [-0.1, -0.05) is 6.92 Å². The minimum atomic E-state index is 0.121. The predicted octanol–water partition coefficient (Wildman–Crippen LogP) is 1.46. The van der Waals surface area contributed by atoms with E-state index in [0.717, 1.165) is 32.4 Å². The SMILES string of the molecule is CCNC(C)c1nnc(CC2CCCO2)o1. The second-order valence-electron chi connectivity index (χ2n) is 4.15. The quantitative estimate of drug-likeness (QED) is 0.822. The second kappa shape index (κ2) is 5.41. The predicted molar refractivity (Wildman–Crippen MR) is 59.1 cm³/mol. The van der Waals surface area contributed by atoms with E-state index < -0.39 is 0 Å². The molecule has 2 rings (SSSR count). The van der Waals surface area contributed by atoms with Crippen LogP contribution < -0.4 is 5.32 Å². The van der Waals surface area contributed by atoms with Crippen molar-refractivity contribution in [2.75, 3.05) is 13.2 Å². The molecule has 0 saturated carbocycles. The van der Waals surface area contributed by atoms with E-state index >= 15 is 0 Å². The molecule has 1 aromatic rings. The van der Waals surface area contributed by atoms with Gasteiger partial charge in [0.1, 0.15) is 0 Å². The summed E-state index contributed by atoms with van der Waals surface area (Å²) in [5.41, 5.74) is 0. The summed E-state index contributed by atoms with van der Waals surface area (Å²) in [6.45, 7) is 5.83. The van der Waals surface area contributed by atoms with E-state index in [1.54, 1.807) is 0 Å². The normalized spacial score (nSPS) is 22.5. The van der Waals surface area contributed by atoms with Gasteiger partial charge in [0.05, 0.1) is 18.6 Å². The summed E-state index contributed by atoms with van der Waals surface area (Å²) in [6, 6.07) is 0.121. The number of hydrogen-bond acceptors (Lipinski definition) is 5. The maximum Gasteiger partial charge on any atom is 0.233 e. The van der Waals surface area contributed by atoms with Crippen LogP contribution in [0, 0.1) is 0 Å². The molecule has 16 heavy (non-hydrogen) atoms. The molecular weight excluding hydrogens is 206 g/mol. The van der Waals surface area contributed by atoms with Crippen LogP contribution >= 0.6 is 0 Å². The number of aromatic nitrogens is 2. The molecule has 1 aromatic heterocycles. The maximum absolute atomic E-state index is 5.60. The van der Waals surface area contributed by atoms with Crippen molar-refractivity contribution in [1.29, 1.82) is 0 Å². The fourth-order valence-corrected chi connectivity index (χ4v) is 1.92. The Bertz CT molecular complexity index is 321. The third-order valence-corrected chi connectivity index (χ3v) is 2.79. The van der Waals surface area contributed by atoms with Gasteiger partial charge in [-0.15, -0.1) is 10.2 Å². The topological polar surface area (TPSA) is 60.2 Å². The zero-order chi connectivity index (χ0) is 11.4. The van der Waals surface area contributed by atoms with Crippen molar-refractivity contribution >= 4 is 0 Å². The first kappa shape index (κ1) is 11.5. The van der Waals surface area contributed by atoms with Crippen molar-refractivity contribution in [2.24, 2.45) is 0 Å². The monoisotopic (exact) mass is 225 g/mol. The first-order valence-electron chi connectivity index (χ1n) is 5.97. The van der Waals surface area contributed by atoms with Gasteiger partial charge in [0.2, 0.25) is 11.8 Å². The lowest BCUT2D eigenvalue weighted by molar-refractivity contribution is 0.105. The van der Waals surface area contributed by atoms with Crippen molar-refractivity contribution < 1.29 is 9.15 Å². The largest absolute Gasteiger partial charge is 0.423 e. The Balaban J connectivity index is 1.90. The Kier molecular flexibility index (Phi) is 3.90. The molecule has 1 aliphatic heterocycles. The highest BCUT2D eigenvalue weighted by Gasteiger charge is 2.20. The Morgan fingerprint density at radius 3 is 3.06 bits per heavy atom. The second-order valence-corrected chi connectivity index (χ2v) is 4.15. The van der Waals surface area contributed by atoms with Crippen LogP contribution in [0.1, 0.15) is 44.5 Å². The summed E-state index contributed by atoms with van der Waals surface area (Å²) in [5.74, 6) is 1.35. The van der Waals surface area contributed by atoms with E-state index in [2.05, 4.69) is 22.4 Å². The van der Waals surface area contributed by atoms with E-state index in [0.29, 0.717) is 11.8 Å². The number of nitrogens with one attached hydrogen (secondary N) is 1. The molecule has 0 amide bonds. The van der Waals surface area contributed by atoms with Crippen LogP contribution in [0.4, 0.5) is 0 Å². The van der Waals surface area contributed by atoms with Crippen molar-refractivity contribution in [3.05, 3.63) is 11.8 Å². The first-order chi connectivity index (χ1) is 7.79. The van der Waals surface area contributed by atoms with Gasteiger partial charge in [-0.2, -0.15) is 0 Å². The fraction of sp³-hybridized carbons (Fsp3) is 0.818. The highest BCUT2D eigenvalue weighted by molar-refractivity contribution is 4.90. The summed E-state index contributed by atoms with van der Waals surface area (Å²) in [4.78, 5) is 0. The molecule has 1 N–H and O–H groups in total. The van der Waals surface area contributed by atoms with Crippen LogP contribution in [0.15, 0.2) is 4.42 Å². The lowest BCUT2D eigenvalue weighted by Crippen LogP contribution is -2.17. The molecule has 2 heterocycles. The summed E-state index contributed by atoms with van der Waals surface area (Å²) < 4.78 is 11.1. The average molecular weight is 225 g/mol. The van der Waals surface area contributed by atoms with Gasteiger partial charge >= 0.3 is 0 Å². The lowest BCUT2D eigenvalue weighted by atomic mass is 10.2. The average Bonchev–Trinajstić information content (AvgIpc) is 2.90. The fourth-order valence-electron chi connectivity index (χ4n) is 1.92. The van der Waals surface area contributed by atoms with Crippen LogP contribution in [0.25, 0.3) is 0 Å². The number of rotatable bonds is 5. The van der Waals surface area contributed by atoms with Crippen LogP contribution in [0.5, 0.6) is 0 Å². The zero-order valence-electron chi connectivity index (χ0n) is 9.90. The van der Waals surface area contributed by atoms with E-state index in [1.807, 2.05) is 6.92 Å². The molecule has 2 unspecified atom stereocenters. The van der Waals surface area contributed by atoms with Crippen LogP contribution in [-0.4, -0.2) is 29.5 Å². The van der Waals surface area contributed by atoms with Crippen molar-refractivity contribution in [1.82, 2.24) is 15.5 Å². The molecule has 2 atom stereocenters. The number of hydrogen-bond donors (Lipinski definition) is 1. The molecule has 0 aliphatic carbocycles. The molecule has 1 fully saturated rings. The van der Waals surface area contributed by atoms with Gasteiger partial charge in [-0.25, -0.2) is 0 Å². The minimum Gasteiger partial charge on any atom is -0.423 e. The van der Waals surface area contributed by atoms with E-state index in [4.69, 9.17) is 9.15 Å². The molecule has 0 radical (unpaired) electrons.